The molecule has 0 aliphatic carbocycles. The highest BCUT2D eigenvalue weighted by Crippen LogP contribution is 2.33. The van der Waals surface area contributed by atoms with Gasteiger partial charge < -0.3 is 9.47 Å². The van der Waals surface area contributed by atoms with Crippen LogP contribution in [0.4, 0.5) is 0 Å². The Hall–Kier alpha value is -3.56. The number of thiazole rings is 1. The predicted octanol–water partition coefficient (Wildman–Crippen LogP) is 2.95. The van der Waals surface area contributed by atoms with Gasteiger partial charge in [0.2, 0.25) is 0 Å². The van der Waals surface area contributed by atoms with Crippen LogP contribution in [0, 0.1) is 0 Å². The largest absolute Gasteiger partial charge is 0.458 e. The molecule has 0 N–H and O–H groups in total. The number of rotatable bonds is 6. The van der Waals surface area contributed by atoms with Gasteiger partial charge in [-0.25, -0.2) is 9.79 Å². The van der Waals surface area contributed by atoms with E-state index in [-0.39, 0.29) is 12.2 Å². The van der Waals surface area contributed by atoms with Gasteiger partial charge >= 0.3 is 11.9 Å². The molecule has 0 saturated heterocycles. The number of hydrogen-bond donors (Lipinski definition) is 0. The van der Waals surface area contributed by atoms with Crippen LogP contribution >= 0.6 is 22.7 Å². The van der Waals surface area contributed by atoms with Crippen molar-refractivity contribution in [1.29, 1.82) is 0 Å². The number of ether oxygens (including phenoxy) is 2. The number of allylic oxidation sites excluding steroid dienone is 1. The number of esters is 2. The second kappa shape index (κ2) is 9.51. The minimum absolute atomic E-state index is 0.0597. The summed E-state index contributed by atoms with van der Waals surface area (Å²) < 4.78 is 12.5. The number of hydrogen-bond acceptors (Lipinski definition) is 8. The van der Waals surface area contributed by atoms with Crippen molar-refractivity contribution in [2.75, 3.05) is 6.61 Å². The molecule has 0 radical (unpaired) electrons. The molecular weight excluding hydrogens is 460 g/mol. The molecule has 2 aromatic heterocycles. The zero-order valence-corrected chi connectivity index (χ0v) is 19.6. The summed E-state index contributed by atoms with van der Waals surface area (Å²) in [7, 11) is 0. The predicted molar refractivity (Wildman–Crippen MR) is 127 cm³/mol. The third kappa shape index (κ3) is 4.50. The standard InChI is InChI=1S/C24H20N2O5S2/c1-4-11-30-23(29)20-14(2)25-24-26(21(20)18-10-7-12-32-18)22(28)19(33-24)13-16-8-5-6-9-17(16)31-15(3)27/h4-10,12-13,21H,1,11H2,2-3H3. The van der Waals surface area contributed by atoms with Crippen LogP contribution in [0.1, 0.15) is 30.3 Å². The Morgan fingerprint density at radius 2 is 2.03 bits per heavy atom. The van der Waals surface area contributed by atoms with Crippen LogP contribution in [-0.4, -0.2) is 23.1 Å². The number of aromatic nitrogens is 1. The second-order valence-electron chi connectivity index (χ2n) is 7.12. The molecule has 1 aliphatic rings. The average molecular weight is 481 g/mol. The van der Waals surface area contributed by atoms with Gasteiger partial charge in [0, 0.05) is 17.4 Å². The van der Waals surface area contributed by atoms with Crippen LogP contribution in [0.3, 0.4) is 0 Å². The molecule has 0 saturated carbocycles. The Morgan fingerprint density at radius 1 is 1.24 bits per heavy atom. The third-order valence-corrected chi connectivity index (χ3v) is 6.75. The van der Waals surface area contributed by atoms with E-state index in [1.54, 1.807) is 37.3 Å². The van der Waals surface area contributed by atoms with Crippen molar-refractivity contribution in [3.63, 3.8) is 0 Å². The molecule has 4 rings (SSSR count). The lowest BCUT2D eigenvalue weighted by Crippen LogP contribution is -2.39. The zero-order valence-electron chi connectivity index (χ0n) is 17.9. The topological polar surface area (TPSA) is 87.0 Å². The fraction of sp³-hybridized carbons (Fsp3) is 0.167. The van der Waals surface area contributed by atoms with E-state index in [9.17, 15) is 14.4 Å². The van der Waals surface area contributed by atoms with Gasteiger partial charge in [-0.15, -0.1) is 11.3 Å². The summed E-state index contributed by atoms with van der Waals surface area (Å²) >= 11 is 2.66. The van der Waals surface area contributed by atoms with Crippen molar-refractivity contribution >= 4 is 40.7 Å². The molecule has 3 heterocycles. The maximum Gasteiger partial charge on any atom is 0.338 e. The monoisotopic (exact) mass is 480 g/mol. The Kier molecular flexibility index (Phi) is 6.52. The number of carbonyl (C=O) groups is 2. The van der Waals surface area contributed by atoms with Gasteiger partial charge in [-0.3, -0.25) is 14.2 Å². The summed E-state index contributed by atoms with van der Waals surface area (Å²) in [6, 6.07) is 10.1. The zero-order chi connectivity index (χ0) is 23.5. The first-order valence-electron chi connectivity index (χ1n) is 10.0. The summed E-state index contributed by atoms with van der Waals surface area (Å²) in [5.41, 5.74) is 1.11. The lowest BCUT2D eigenvalue weighted by atomic mass is 10.0. The summed E-state index contributed by atoms with van der Waals surface area (Å²) in [6.45, 7) is 6.70. The van der Waals surface area contributed by atoms with Crippen molar-refractivity contribution in [2.24, 2.45) is 4.99 Å². The van der Waals surface area contributed by atoms with E-state index in [1.165, 1.54) is 40.2 Å². The number of benzene rings is 1. The molecule has 0 fully saturated rings. The molecule has 0 spiro atoms. The Balaban J connectivity index is 1.90. The molecule has 1 aliphatic heterocycles. The fourth-order valence-corrected chi connectivity index (χ4v) is 5.36. The molecule has 9 heteroatoms. The summed E-state index contributed by atoms with van der Waals surface area (Å²) in [5, 5.41) is 1.89. The lowest BCUT2D eigenvalue weighted by Gasteiger charge is -2.23. The quantitative estimate of drug-likeness (QED) is 0.308. The molecule has 0 bridgehead atoms. The van der Waals surface area contributed by atoms with Crippen molar-refractivity contribution in [3.8, 4) is 5.75 Å². The molecule has 3 aromatic rings. The van der Waals surface area contributed by atoms with Crippen LogP contribution in [0.25, 0.3) is 6.08 Å². The van der Waals surface area contributed by atoms with Crippen LogP contribution in [-0.2, 0) is 14.3 Å². The van der Waals surface area contributed by atoms with Gasteiger partial charge in [0.05, 0.1) is 15.8 Å². The first-order chi connectivity index (χ1) is 15.9. The van der Waals surface area contributed by atoms with Crippen molar-refractivity contribution in [1.82, 2.24) is 4.57 Å². The molecule has 0 amide bonds. The Morgan fingerprint density at radius 3 is 2.73 bits per heavy atom. The van der Waals surface area contributed by atoms with Crippen LogP contribution < -0.4 is 19.6 Å². The minimum atomic E-state index is -0.649. The van der Waals surface area contributed by atoms with Crippen LogP contribution in [0.2, 0.25) is 0 Å². The molecule has 168 valence electrons. The smallest absolute Gasteiger partial charge is 0.338 e. The number of fused-ring (bicyclic) bond motifs is 1. The van der Waals surface area contributed by atoms with Gasteiger partial charge in [0.15, 0.2) is 4.80 Å². The number of carbonyl (C=O) groups excluding carboxylic acids is 2. The second-order valence-corrected chi connectivity index (χ2v) is 9.10. The normalized spacial score (nSPS) is 15.6. The van der Waals surface area contributed by atoms with Gasteiger partial charge in [-0.05, 0) is 30.5 Å². The van der Waals surface area contributed by atoms with E-state index in [0.29, 0.717) is 31.9 Å². The van der Waals surface area contributed by atoms with E-state index >= 15 is 0 Å². The Bertz CT molecular complexity index is 1440. The van der Waals surface area contributed by atoms with Gasteiger partial charge in [-0.2, -0.15) is 0 Å². The molecule has 7 nitrogen and oxygen atoms in total. The van der Waals surface area contributed by atoms with Crippen molar-refractivity contribution in [2.45, 2.75) is 19.9 Å². The van der Waals surface area contributed by atoms with Crippen LogP contribution in [0.15, 0.2) is 75.5 Å². The van der Waals surface area contributed by atoms with E-state index in [2.05, 4.69) is 11.6 Å². The first kappa shape index (κ1) is 22.6. The van der Waals surface area contributed by atoms with E-state index < -0.39 is 18.0 Å². The molecule has 1 unspecified atom stereocenters. The van der Waals surface area contributed by atoms with E-state index in [1.807, 2.05) is 17.5 Å². The highest BCUT2D eigenvalue weighted by atomic mass is 32.1. The summed E-state index contributed by atoms with van der Waals surface area (Å²) in [5.74, 6) is -0.632. The first-order valence-corrected chi connectivity index (χ1v) is 11.7. The average Bonchev–Trinajstić information content (AvgIpc) is 3.41. The molecule has 33 heavy (non-hydrogen) atoms. The minimum Gasteiger partial charge on any atom is -0.458 e. The third-order valence-electron chi connectivity index (χ3n) is 4.85. The number of thiophene rings is 1. The van der Waals surface area contributed by atoms with Gasteiger partial charge in [0.25, 0.3) is 5.56 Å². The van der Waals surface area contributed by atoms with Crippen molar-refractivity contribution in [3.05, 3.63) is 95.8 Å². The highest BCUT2D eigenvalue weighted by molar-refractivity contribution is 7.10. The summed E-state index contributed by atoms with van der Waals surface area (Å²) in [4.78, 5) is 43.7. The van der Waals surface area contributed by atoms with Crippen molar-refractivity contribution < 1.29 is 19.1 Å². The molecule has 1 aromatic carbocycles. The van der Waals surface area contributed by atoms with E-state index in [4.69, 9.17) is 9.47 Å². The number of nitrogens with zero attached hydrogens (tertiary/aromatic N) is 2. The van der Waals surface area contributed by atoms with Gasteiger partial charge in [0.1, 0.15) is 18.4 Å². The maximum atomic E-state index is 13.5. The van der Waals surface area contributed by atoms with E-state index in [0.717, 1.165) is 4.88 Å². The molecule has 1 atom stereocenters. The SMILES string of the molecule is C=CCOC(=O)C1=C(C)N=c2sc(=Cc3ccccc3OC(C)=O)c(=O)n2C1c1cccs1. The van der Waals surface area contributed by atoms with Gasteiger partial charge in [-0.1, -0.05) is 48.3 Å². The van der Waals surface area contributed by atoms with Crippen LogP contribution in [0.5, 0.6) is 5.75 Å². The Labute approximate surface area is 197 Å². The molecular formula is C24H20N2O5S2. The maximum absolute atomic E-state index is 13.5. The highest BCUT2D eigenvalue weighted by Gasteiger charge is 2.33. The fourth-order valence-electron chi connectivity index (χ4n) is 3.50. The summed E-state index contributed by atoms with van der Waals surface area (Å²) in [6.07, 6.45) is 3.16. The lowest BCUT2D eigenvalue weighted by molar-refractivity contribution is -0.138. The number of para-hydroxylation sites is 1.